The van der Waals surface area contributed by atoms with Crippen LogP contribution in [-0.4, -0.2) is 21.4 Å². The maximum absolute atomic E-state index is 13.7. The molecule has 1 amide bonds. The number of rotatable bonds is 5. The second-order valence-electron chi connectivity index (χ2n) is 6.34. The van der Waals surface area contributed by atoms with Gasteiger partial charge in [0, 0.05) is 12.7 Å². The van der Waals surface area contributed by atoms with E-state index in [1.165, 1.54) is 19.2 Å². The molecule has 0 spiro atoms. The zero-order chi connectivity index (χ0) is 20.5. The lowest BCUT2D eigenvalue weighted by Gasteiger charge is -2.20. The number of hydrogen-bond donors (Lipinski definition) is 1. The van der Waals surface area contributed by atoms with Gasteiger partial charge in [-0.15, -0.1) is 11.3 Å². The van der Waals surface area contributed by atoms with E-state index < -0.39 is 21.7 Å². The zero-order valence-corrected chi connectivity index (χ0v) is 17.2. The molecule has 3 rings (SSSR count). The fourth-order valence-corrected chi connectivity index (χ4v) is 5.12. The molecule has 0 unspecified atom stereocenters. The number of amides is 1. The fourth-order valence-electron chi connectivity index (χ4n) is 2.63. The van der Waals surface area contributed by atoms with Crippen molar-refractivity contribution in [3.05, 3.63) is 75.7 Å². The lowest BCUT2D eigenvalue weighted by atomic mass is 10.2. The van der Waals surface area contributed by atoms with E-state index >= 15 is 0 Å². The lowest BCUT2D eigenvalue weighted by molar-refractivity contribution is 0.102. The quantitative estimate of drug-likeness (QED) is 0.659. The first-order valence-electron chi connectivity index (χ1n) is 8.41. The van der Waals surface area contributed by atoms with Gasteiger partial charge in [-0.2, -0.15) is 0 Å². The Kier molecular flexibility index (Phi) is 5.53. The van der Waals surface area contributed by atoms with E-state index in [4.69, 9.17) is 0 Å². The summed E-state index contributed by atoms with van der Waals surface area (Å²) in [5, 5.41) is 4.10. The van der Waals surface area contributed by atoms with E-state index in [9.17, 15) is 17.6 Å². The standard InChI is InChI=1S/C20H19FN2O3S2/c1-13-5-4-6-16(11-13)23(3)28(25,26)18-9-10-27-19(18)20(24)22-15-8-7-14(2)17(21)12-15/h4-12H,1-3H3,(H,22,24). The van der Waals surface area contributed by atoms with Crippen LogP contribution in [0.25, 0.3) is 0 Å². The summed E-state index contributed by atoms with van der Waals surface area (Å²) in [6, 6.07) is 12.8. The number of sulfonamides is 1. The minimum atomic E-state index is -3.94. The SMILES string of the molecule is Cc1cccc(N(C)S(=O)(=O)c2ccsc2C(=O)Nc2ccc(C)c(F)c2)c1. The molecule has 146 valence electrons. The Labute approximate surface area is 167 Å². The predicted octanol–water partition coefficient (Wildman–Crippen LogP) is 4.58. The lowest BCUT2D eigenvalue weighted by Crippen LogP contribution is -2.28. The van der Waals surface area contributed by atoms with E-state index in [0.717, 1.165) is 21.2 Å². The smallest absolute Gasteiger partial charge is 0.267 e. The highest BCUT2D eigenvalue weighted by Gasteiger charge is 2.28. The van der Waals surface area contributed by atoms with Crippen LogP contribution in [0.5, 0.6) is 0 Å². The van der Waals surface area contributed by atoms with Crippen LogP contribution in [0.2, 0.25) is 0 Å². The Bertz CT molecular complexity index is 1140. The summed E-state index contributed by atoms with van der Waals surface area (Å²) in [5.74, 6) is -1.05. The van der Waals surface area contributed by atoms with Crippen molar-refractivity contribution < 1.29 is 17.6 Å². The van der Waals surface area contributed by atoms with Crippen molar-refractivity contribution in [2.45, 2.75) is 18.7 Å². The monoisotopic (exact) mass is 418 g/mol. The fraction of sp³-hybridized carbons (Fsp3) is 0.150. The van der Waals surface area contributed by atoms with Crippen LogP contribution in [0, 0.1) is 19.7 Å². The number of aryl methyl sites for hydroxylation is 2. The topological polar surface area (TPSA) is 66.5 Å². The van der Waals surface area contributed by atoms with Crippen LogP contribution in [0.1, 0.15) is 20.8 Å². The van der Waals surface area contributed by atoms with Crippen LogP contribution in [-0.2, 0) is 10.0 Å². The number of thiophene rings is 1. The van der Waals surface area contributed by atoms with Crippen molar-refractivity contribution in [1.82, 2.24) is 0 Å². The molecular formula is C20H19FN2O3S2. The third kappa shape index (κ3) is 3.93. The molecule has 1 N–H and O–H groups in total. The summed E-state index contributed by atoms with van der Waals surface area (Å²) >= 11 is 1.02. The summed E-state index contributed by atoms with van der Waals surface area (Å²) in [6.45, 7) is 3.49. The average molecular weight is 419 g/mol. The highest BCUT2D eigenvalue weighted by Crippen LogP contribution is 2.29. The third-order valence-electron chi connectivity index (χ3n) is 4.27. The highest BCUT2D eigenvalue weighted by atomic mass is 32.2. The summed E-state index contributed by atoms with van der Waals surface area (Å²) < 4.78 is 41.0. The van der Waals surface area contributed by atoms with Crippen molar-refractivity contribution >= 4 is 38.6 Å². The van der Waals surface area contributed by atoms with Gasteiger partial charge in [0.25, 0.3) is 15.9 Å². The second kappa shape index (κ2) is 7.73. The Morgan fingerprint density at radius 1 is 1.11 bits per heavy atom. The van der Waals surface area contributed by atoms with Gasteiger partial charge in [-0.25, -0.2) is 12.8 Å². The van der Waals surface area contributed by atoms with Crippen LogP contribution < -0.4 is 9.62 Å². The van der Waals surface area contributed by atoms with Crippen LogP contribution in [0.15, 0.2) is 58.8 Å². The number of carbonyl (C=O) groups excluding carboxylic acids is 1. The van der Waals surface area contributed by atoms with Gasteiger partial charge in [-0.05, 0) is 60.7 Å². The van der Waals surface area contributed by atoms with Gasteiger partial charge in [-0.1, -0.05) is 18.2 Å². The minimum Gasteiger partial charge on any atom is -0.321 e. The van der Waals surface area contributed by atoms with Crippen molar-refractivity contribution in [3.8, 4) is 0 Å². The first kappa shape index (κ1) is 20.0. The maximum atomic E-state index is 13.7. The zero-order valence-electron chi connectivity index (χ0n) is 15.6. The number of carbonyl (C=O) groups is 1. The van der Waals surface area contributed by atoms with Crippen molar-refractivity contribution in [1.29, 1.82) is 0 Å². The van der Waals surface area contributed by atoms with Gasteiger partial charge in [0.2, 0.25) is 0 Å². The molecule has 5 nitrogen and oxygen atoms in total. The van der Waals surface area contributed by atoms with Crippen molar-refractivity contribution in [2.75, 3.05) is 16.7 Å². The first-order chi connectivity index (χ1) is 13.2. The predicted molar refractivity (Wildman–Crippen MR) is 110 cm³/mol. The van der Waals surface area contributed by atoms with Crippen LogP contribution >= 0.6 is 11.3 Å². The Morgan fingerprint density at radius 3 is 2.54 bits per heavy atom. The van der Waals surface area contributed by atoms with Gasteiger partial charge >= 0.3 is 0 Å². The van der Waals surface area contributed by atoms with Gasteiger partial charge in [0.05, 0.1) is 5.69 Å². The summed E-state index contributed by atoms with van der Waals surface area (Å²) in [4.78, 5) is 12.6. The molecule has 1 aromatic heterocycles. The summed E-state index contributed by atoms with van der Waals surface area (Å²) in [6.07, 6.45) is 0. The summed E-state index contributed by atoms with van der Waals surface area (Å²) in [7, 11) is -2.50. The van der Waals surface area contributed by atoms with E-state index in [1.54, 1.807) is 42.6 Å². The minimum absolute atomic E-state index is 0.0421. The molecule has 0 aliphatic heterocycles. The van der Waals surface area contributed by atoms with E-state index in [2.05, 4.69) is 5.32 Å². The van der Waals surface area contributed by atoms with E-state index in [0.29, 0.717) is 11.3 Å². The van der Waals surface area contributed by atoms with Crippen LogP contribution in [0.4, 0.5) is 15.8 Å². The number of nitrogens with one attached hydrogen (secondary N) is 1. The molecule has 1 heterocycles. The van der Waals surface area contributed by atoms with Crippen LogP contribution in [0.3, 0.4) is 0 Å². The van der Waals surface area contributed by atoms with Gasteiger partial charge in [0.1, 0.15) is 15.6 Å². The molecule has 0 saturated heterocycles. The van der Waals surface area contributed by atoms with Gasteiger partial charge < -0.3 is 5.32 Å². The normalized spacial score (nSPS) is 11.3. The molecule has 0 aliphatic rings. The third-order valence-corrected chi connectivity index (χ3v) is 7.14. The summed E-state index contributed by atoms with van der Waals surface area (Å²) in [5.41, 5.74) is 2.14. The number of hydrogen-bond acceptors (Lipinski definition) is 4. The van der Waals surface area contributed by atoms with Gasteiger partial charge in [0.15, 0.2) is 0 Å². The Balaban J connectivity index is 1.91. The average Bonchev–Trinajstić information content (AvgIpc) is 3.15. The second-order valence-corrected chi connectivity index (χ2v) is 9.20. The van der Waals surface area contributed by atoms with E-state index in [-0.39, 0.29) is 15.5 Å². The molecule has 0 atom stereocenters. The van der Waals surface area contributed by atoms with E-state index in [1.807, 2.05) is 13.0 Å². The Hall–Kier alpha value is -2.71. The molecule has 0 fully saturated rings. The number of halogens is 1. The molecule has 2 aromatic carbocycles. The molecule has 0 saturated carbocycles. The molecule has 8 heteroatoms. The maximum Gasteiger partial charge on any atom is 0.267 e. The molecule has 28 heavy (non-hydrogen) atoms. The molecular weight excluding hydrogens is 399 g/mol. The molecule has 0 bridgehead atoms. The van der Waals surface area contributed by atoms with Gasteiger partial charge in [-0.3, -0.25) is 9.10 Å². The first-order valence-corrected chi connectivity index (χ1v) is 10.7. The van der Waals surface area contributed by atoms with Crippen molar-refractivity contribution in [3.63, 3.8) is 0 Å². The number of anilines is 2. The largest absolute Gasteiger partial charge is 0.321 e. The van der Waals surface area contributed by atoms with Crippen molar-refractivity contribution in [2.24, 2.45) is 0 Å². The molecule has 0 aliphatic carbocycles. The Morgan fingerprint density at radius 2 is 1.86 bits per heavy atom. The number of nitrogens with zero attached hydrogens (tertiary/aromatic N) is 1. The molecule has 3 aromatic rings. The highest BCUT2D eigenvalue weighted by molar-refractivity contribution is 7.93. The molecule has 0 radical (unpaired) electrons. The number of benzene rings is 2.